The number of amidine groups is 4. The normalized spacial score (nSPS) is 17.8. The number of hydrogen-bond acceptors (Lipinski definition) is 30. The first-order chi connectivity index (χ1) is 69.3. The van der Waals surface area contributed by atoms with Crippen molar-refractivity contribution in [1.29, 1.82) is 0 Å². The number of ether oxygens (including phenoxy) is 1. The van der Waals surface area contributed by atoms with Gasteiger partial charge in [-0.1, -0.05) is 85.8 Å². The minimum atomic E-state index is -4.45. The first-order valence-electron chi connectivity index (χ1n) is 44.0. The van der Waals surface area contributed by atoms with Gasteiger partial charge in [0.2, 0.25) is 40.1 Å². The van der Waals surface area contributed by atoms with Crippen LogP contribution in [0.1, 0.15) is 60.1 Å². The molecule has 14 aromatic rings. The highest BCUT2D eigenvalue weighted by molar-refractivity contribution is 7.92. The fourth-order valence-electron chi connectivity index (χ4n) is 16.4. The molecule has 9 heterocycles. The van der Waals surface area contributed by atoms with Gasteiger partial charge >= 0.3 is 36.3 Å². The lowest BCUT2D eigenvalue weighted by Gasteiger charge is -2.25. The van der Waals surface area contributed by atoms with Crippen molar-refractivity contribution in [3.63, 3.8) is 0 Å². The monoisotopic (exact) mass is 2170 g/mol. The number of anilines is 8. The highest BCUT2D eigenvalue weighted by Gasteiger charge is 2.43. The number of aryl methyl sites for hydroxylation is 2. The zero-order valence-electron chi connectivity index (χ0n) is 79.6. The van der Waals surface area contributed by atoms with Crippen molar-refractivity contribution in [3.05, 3.63) is 294 Å². The number of furan rings is 1. The molecule has 6 unspecified atom stereocenters. The molecule has 772 valence electrons. The smallest absolute Gasteiger partial charge is 0.391 e. The van der Waals surface area contributed by atoms with Gasteiger partial charge in [0.25, 0.3) is 22.2 Å². The maximum Gasteiger partial charge on any atom is 0.391 e. The lowest BCUT2D eigenvalue weighted by atomic mass is 10.1. The summed E-state index contributed by atoms with van der Waals surface area (Å²) >= 11 is 0. The summed E-state index contributed by atoms with van der Waals surface area (Å²) in [5.74, 6) is -3.80. The molecule has 0 aliphatic carbocycles. The average molecular weight is 2170 g/mol. The zero-order chi connectivity index (χ0) is 106. The first kappa shape index (κ1) is 107. The summed E-state index contributed by atoms with van der Waals surface area (Å²) in [6, 6.07) is 55.0. The van der Waals surface area contributed by atoms with Crippen molar-refractivity contribution in [2.45, 2.75) is 65.1 Å². The molecule has 147 heavy (non-hydrogen) atoms. The lowest BCUT2D eigenvalue weighted by molar-refractivity contribution is -0.171. The van der Waals surface area contributed by atoms with E-state index in [2.05, 4.69) is 59.2 Å². The van der Waals surface area contributed by atoms with Crippen LogP contribution in [0, 0.1) is 5.92 Å². The maximum absolute atomic E-state index is 13.8. The number of methoxy groups -OCH3 is 1. The van der Waals surface area contributed by atoms with Crippen molar-refractivity contribution in [2.75, 3.05) is 101 Å². The van der Waals surface area contributed by atoms with E-state index in [1.807, 2.05) is 37.3 Å². The summed E-state index contributed by atoms with van der Waals surface area (Å²) in [5.41, 5.74) is 1.71. The first-order valence-corrected chi connectivity index (χ1v) is 57.8. The Kier molecular flexibility index (Phi) is 30.5. The van der Waals surface area contributed by atoms with Crippen LogP contribution in [-0.4, -0.2) is 169 Å². The van der Waals surface area contributed by atoms with Crippen molar-refractivity contribution < 1.29 is 113 Å². The van der Waals surface area contributed by atoms with Crippen LogP contribution < -0.4 is 83.6 Å². The molecule has 42 nitrogen and oxygen atoms in total. The van der Waals surface area contributed by atoms with E-state index in [9.17, 15) is 105 Å². The molecule has 6 atom stereocenters. The van der Waals surface area contributed by atoms with Crippen LogP contribution in [0.15, 0.2) is 261 Å². The van der Waals surface area contributed by atoms with Gasteiger partial charge in [0.1, 0.15) is 45.3 Å². The number of pyridine rings is 4. The average Bonchev–Trinajstić information content (AvgIpc) is 0.900. The predicted octanol–water partition coefficient (Wildman–Crippen LogP) is 13.4. The molecule has 0 bridgehead atoms. The molecule has 5 aromatic heterocycles. The lowest BCUT2D eigenvalue weighted by Crippen LogP contribution is -2.34. The Labute approximate surface area is 837 Å². The van der Waals surface area contributed by atoms with Gasteiger partial charge in [0.15, 0.2) is 23.3 Å². The van der Waals surface area contributed by atoms with E-state index >= 15 is 0 Å². The molecule has 9 aromatic carbocycles. The molecular formula is C94H95F3N16O26P4S4. The van der Waals surface area contributed by atoms with Gasteiger partial charge in [-0.3, -0.25) is 56.3 Å². The number of aromatic nitrogens is 4. The van der Waals surface area contributed by atoms with Crippen LogP contribution in [0.4, 0.5) is 58.7 Å². The minimum absolute atomic E-state index is 0.0111. The van der Waals surface area contributed by atoms with Crippen LogP contribution in [-0.2, 0) is 107 Å². The van der Waals surface area contributed by atoms with E-state index in [0.717, 1.165) is 54.8 Å². The summed E-state index contributed by atoms with van der Waals surface area (Å²) in [5, 5.41) is 58.0. The van der Waals surface area contributed by atoms with E-state index < -0.39 is 122 Å². The number of rotatable bonds is 27. The molecule has 0 radical (unpaired) electrons. The number of aromatic hydroxyl groups is 4. The van der Waals surface area contributed by atoms with Crippen LogP contribution in [0.2, 0.25) is 0 Å². The second-order valence-electron chi connectivity index (χ2n) is 33.9. The second-order valence-corrected chi connectivity index (χ2v) is 49.2. The highest BCUT2D eigenvalue weighted by atomic mass is 32.2. The largest absolute Gasteiger partial charge is 0.506 e. The molecule has 12 N–H and O–H groups in total. The molecule has 0 spiro atoms. The van der Waals surface area contributed by atoms with Gasteiger partial charge in [-0.05, 0) is 153 Å². The Morgan fingerprint density at radius 1 is 0.374 bits per heavy atom. The maximum atomic E-state index is 13.8. The van der Waals surface area contributed by atoms with E-state index in [1.54, 1.807) is 98.1 Å². The van der Waals surface area contributed by atoms with Crippen molar-refractivity contribution >= 4 is 204 Å². The fourth-order valence-corrected chi connectivity index (χ4v) is 24.7. The van der Waals surface area contributed by atoms with Crippen LogP contribution in [0.3, 0.4) is 0 Å². The van der Waals surface area contributed by atoms with E-state index in [0.29, 0.717) is 57.0 Å². The Bertz CT molecular complexity index is 8800. The molecule has 4 aliphatic rings. The van der Waals surface area contributed by atoms with Gasteiger partial charge in [-0.25, -0.2) is 33.7 Å². The van der Waals surface area contributed by atoms with E-state index in [1.165, 1.54) is 132 Å². The molecule has 53 heteroatoms. The van der Waals surface area contributed by atoms with Crippen LogP contribution in [0.5, 0.6) is 23.0 Å². The second kappa shape index (κ2) is 41.9. The summed E-state index contributed by atoms with van der Waals surface area (Å²) in [6.07, 6.45) is 2.54. The van der Waals surface area contributed by atoms with Crippen LogP contribution in [0.25, 0.3) is 43.6 Å². The number of halogens is 3. The van der Waals surface area contributed by atoms with Gasteiger partial charge in [-0.15, -0.1) is 0 Å². The molecule has 0 saturated carbocycles. The topological polar surface area (TPSA) is 579 Å². The quantitative estimate of drug-likeness (QED) is 0.0213. The minimum Gasteiger partial charge on any atom is -0.506 e. The number of nitrogens with zero attached hydrogens (tertiary/aromatic N) is 8. The Morgan fingerprint density at radius 2 is 0.639 bits per heavy atom. The molecule has 18 rings (SSSR count). The number of para-hydroxylation sites is 4. The number of alkyl halides is 3. The Morgan fingerprint density at radius 3 is 0.905 bits per heavy atom. The number of benzene rings is 9. The number of fused-ring (bicyclic) bond motifs is 8. The van der Waals surface area contributed by atoms with E-state index in [-0.39, 0.29) is 149 Å². The fraction of sp³-hybridized carbons (Fsp3) is 0.213. The summed E-state index contributed by atoms with van der Waals surface area (Å²) in [7, 11) is -24.0. The Hall–Kier alpha value is -14.3. The number of sulfonamides is 4. The SMILES string of the molecule is COC(C)CCn1c(=O)c(C2=NP(=O)(OC)c3cc(NS(C)(=O)=O)ccc3N2)c(O)c2ccccc21.COP1(=O)N=C(c2c(O)c3ccccc3n(CCC(C)C(F)(F)F)c2=O)Nc2ccc(NS(C)(=O)=O)cc21.COP1(=O)N=C(c2c(O)c3ccccc3n(Cc3ccccc3)c2=O)Nc2ccc(NS(C)(=O)=O)cc21.COP1(=O)N=C(c2c(O)c3ccccc3n(Cc3ccoc3)c2=O)Nc2ccc(NS(C)(=O)=O)cc21. The van der Waals surface area contributed by atoms with Gasteiger partial charge in [-0.2, -0.15) is 32.2 Å². The third-order valence-corrected chi connectivity index (χ3v) is 33.7. The van der Waals surface area contributed by atoms with Crippen LogP contribution >= 0.6 is 30.1 Å². The molecule has 4 aliphatic heterocycles. The van der Waals surface area contributed by atoms with Crippen molar-refractivity contribution in [3.8, 4) is 23.0 Å². The Balaban J connectivity index is 0.000000147. The highest BCUT2D eigenvalue weighted by Crippen LogP contribution is 2.56. The molecule has 0 fully saturated rings. The van der Waals surface area contributed by atoms with Gasteiger partial charge in [0, 0.05) is 98.5 Å². The molecule has 0 amide bonds. The predicted molar refractivity (Wildman–Crippen MR) is 561 cm³/mol. The summed E-state index contributed by atoms with van der Waals surface area (Å²) in [4.78, 5) is 54.7. The summed E-state index contributed by atoms with van der Waals surface area (Å²) in [6.45, 7) is 3.31. The van der Waals surface area contributed by atoms with E-state index in [4.69, 9.17) is 27.2 Å². The van der Waals surface area contributed by atoms with Gasteiger partial charge in [0.05, 0.1) is 129 Å². The summed E-state index contributed by atoms with van der Waals surface area (Å²) < 4.78 is 251. The van der Waals surface area contributed by atoms with Crippen molar-refractivity contribution in [2.24, 2.45) is 25.0 Å². The van der Waals surface area contributed by atoms with Gasteiger partial charge < -0.3 is 87.2 Å². The number of hydrogen-bond donors (Lipinski definition) is 12. The zero-order valence-corrected chi connectivity index (χ0v) is 86.4. The third-order valence-electron chi connectivity index (χ3n) is 23.5. The standard InChI is InChI=1S/C25H23N4O6PS.C23H24F3N4O6PS.C23H21N4O7PS.C23H27N4O7PS/c1-35-36(32)21-14-17(28-37(2,33)34)12-13-19(21)26-24(27-36)22-23(30)18-10-6-7-11-20(18)29(25(22)31)15-16-8-4-3-5-9-16;1-13(23(24,25)26)10-11-30-17-7-5-4-6-15(17)20(31)19(22(30)32)21-27-16-9-8-14(29-38(3,34)35)12-18(16)37(33,28-21)36-2;1-33-35(30)19-11-15(26-36(2,31)32)7-8-17(19)24-22(25-35)20-21(28)16-5-3-4-6-18(16)27(23(20)29)12-14-9-10-34-13-14;1-14(33-2)11-12-27-18-8-6-5-7-16(18)21(28)20(23(27)29)22-24-17-10-9-15(26-36(4,31)32)13-19(17)35(30,25-22)34-3/h3-14,28,30H,15H2,1-2H3,(H,26,27,32);4-9,12-13,29,31H,10-11H2,1-3H3,(H,27,28,33);3-11,13,26,28H,12H2,1-2H3,(H,24,25,30);5-10,13-14,26,28H,11-12H2,1-4H3,(H,24,25,30). The third kappa shape index (κ3) is 22.9. The molecule has 0 saturated heterocycles. The van der Waals surface area contributed by atoms with Crippen molar-refractivity contribution in [1.82, 2.24) is 18.3 Å². The molecular weight excluding hydrogens is 2080 g/mol. The number of nitrogens with one attached hydrogen (secondary N) is 8.